The minimum Gasteiger partial charge on any atom is -0.339 e. The first-order valence-electron chi connectivity index (χ1n) is 7.85. The lowest BCUT2D eigenvalue weighted by molar-refractivity contribution is 0.695. The van der Waals surface area contributed by atoms with Gasteiger partial charge in [0.1, 0.15) is 5.69 Å². The fraction of sp³-hybridized carbons (Fsp3) is 0.222. The van der Waals surface area contributed by atoms with Gasteiger partial charge in [-0.2, -0.15) is 5.10 Å². The molecule has 0 saturated carbocycles. The number of nitrogens with one attached hydrogen (secondary N) is 1. The van der Waals surface area contributed by atoms with Crippen LogP contribution in [0.1, 0.15) is 24.0 Å². The number of nitrogens with zero attached hydrogens (tertiary/aromatic N) is 5. The molecule has 1 aliphatic heterocycles. The molecule has 2 aromatic heterocycles. The van der Waals surface area contributed by atoms with Gasteiger partial charge in [-0.25, -0.2) is 4.98 Å². The number of hydrogen-bond acceptors (Lipinski definition) is 5. The number of hydrogen-bond donors (Lipinski definition) is 1. The number of rotatable bonds is 3. The molecule has 120 valence electrons. The van der Waals surface area contributed by atoms with Gasteiger partial charge < -0.3 is 5.32 Å². The lowest BCUT2D eigenvalue weighted by atomic mass is 10.2. The van der Waals surface area contributed by atoms with Crippen molar-refractivity contribution in [3.8, 4) is 0 Å². The largest absolute Gasteiger partial charge is 0.339 e. The molecule has 1 N–H and O–H groups in total. The van der Waals surface area contributed by atoms with E-state index in [2.05, 4.69) is 44.1 Å². The molecule has 6 nitrogen and oxygen atoms in total. The lowest BCUT2D eigenvalue weighted by Crippen LogP contribution is -2.13. The van der Waals surface area contributed by atoms with Gasteiger partial charge in [0.05, 0.1) is 30.0 Å². The van der Waals surface area contributed by atoms with Crippen LogP contribution in [0.5, 0.6) is 0 Å². The highest BCUT2D eigenvalue weighted by Crippen LogP contribution is 2.24. The number of amidine groups is 1. The number of allylic oxidation sites excluding steroid dienone is 1. The summed E-state index contributed by atoms with van der Waals surface area (Å²) in [5.74, 6) is 0.768. The molecule has 4 rings (SSSR count). The van der Waals surface area contributed by atoms with E-state index in [9.17, 15) is 0 Å². The van der Waals surface area contributed by atoms with Crippen molar-refractivity contribution >= 4 is 22.4 Å². The van der Waals surface area contributed by atoms with Crippen molar-refractivity contribution in [2.75, 3.05) is 5.32 Å². The van der Waals surface area contributed by atoms with Crippen molar-refractivity contribution in [1.82, 2.24) is 19.7 Å². The Kier molecular flexibility index (Phi) is 3.37. The second kappa shape index (κ2) is 5.56. The summed E-state index contributed by atoms with van der Waals surface area (Å²) >= 11 is 0. The quantitative estimate of drug-likeness (QED) is 0.754. The Hall–Kier alpha value is -3.02. The highest BCUT2D eigenvalue weighted by molar-refractivity contribution is 6.09. The average molecular weight is 318 g/mol. The van der Waals surface area contributed by atoms with Gasteiger partial charge in [0, 0.05) is 23.5 Å². The number of fused-ring (bicyclic) bond motifs is 2. The van der Waals surface area contributed by atoms with Gasteiger partial charge in [-0.1, -0.05) is 12.2 Å². The number of anilines is 1. The number of aromatic nitrogens is 4. The first kappa shape index (κ1) is 14.6. The van der Waals surface area contributed by atoms with Crippen LogP contribution in [0.4, 0.5) is 5.69 Å². The summed E-state index contributed by atoms with van der Waals surface area (Å²) in [5.41, 5.74) is 5.90. The summed E-state index contributed by atoms with van der Waals surface area (Å²) in [4.78, 5) is 13.2. The second-order valence-electron chi connectivity index (χ2n) is 6.07. The molecule has 1 aromatic carbocycles. The third-order valence-electron chi connectivity index (χ3n) is 4.00. The molecule has 0 atom stereocenters. The van der Waals surface area contributed by atoms with E-state index in [-0.39, 0.29) is 0 Å². The number of aryl methyl sites for hydroxylation is 1. The van der Waals surface area contributed by atoms with E-state index in [1.165, 1.54) is 0 Å². The normalized spacial score (nSPS) is 13.0. The zero-order valence-electron chi connectivity index (χ0n) is 13.7. The number of aliphatic imine (C=N–C) groups is 1. The molecular weight excluding hydrogens is 300 g/mol. The van der Waals surface area contributed by atoms with Gasteiger partial charge in [0.25, 0.3) is 0 Å². The first-order valence-corrected chi connectivity index (χ1v) is 7.85. The standard InChI is InChI=1S/C18H18N6/c1-11(2)10-24-16-5-4-13(8-14(16)12(3)23-24)22-18-17-15(9-21-18)19-6-7-20-17/h4-8H,1,9-10H2,2-3H3,(H,21,22). The lowest BCUT2D eigenvalue weighted by Gasteiger charge is -2.07. The van der Waals surface area contributed by atoms with Crippen LogP contribution in [0.2, 0.25) is 0 Å². The maximum atomic E-state index is 4.61. The Balaban J connectivity index is 1.67. The first-order chi connectivity index (χ1) is 11.6. The Morgan fingerprint density at radius 3 is 2.96 bits per heavy atom. The van der Waals surface area contributed by atoms with Crippen molar-refractivity contribution < 1.29 is 0 Å². The maximum absolute atomic E-state index is 4.61. The summed E-state index contributed by atoms with van der Waals surface area (Å²) in [5, 5.41) is 9.10. The monoisotopic (exact) mass is 318 g/mol. The Labute approximate surface area is 140 Å². The molecular formula is C18H18N6. The van der Waals surface area contributed by atoms with Crippen molar-refractivity contribution in [1.29, 1.82) is 0 Å². The molecule has 0 fully saturated rings. The highest BCUT2D eigenvalue weighted by Gasteiger charge is 2.18. The maximum Gasteiger partial charge on any atom is 0.154 e. The van der Waals surface area contributed by atoms with E-state index in [1.54, 1.807) is 12.4 Å². The van der Waals surface area contributed by atoms with Crippen molar-refractivity contribution in [2.24, 2.45) is 4.99 Å². The third kappa shape index (κ3) is 2.46. The van der Waals surface area contributed by atoms with Gasteiger partial charge in [-0.15, -0.1) is 0 Å². The zero-order valence-corrected chi connectivity index (χ0v) is 13.7. The molecule has 0 radical (unpaired) electrons. The van der Waals surface area contributed by atoms with Gasteiger partial charge in [-0.05, 0) is 32.0 Å². The van der Waals surface area contributed by atoms with Crippen molar-refractivity contribution in [3.05, 3.63) is 59.8 Å². The van der Waals surface area contributed by atoms with Crippen LogP contribution in [-0.4, -0.2) is 25.6 Å². The molecule has 6 heteroatoms. The van der Waals surface area contributed by atoms with Gasteiger partial charge in [0.15, 0.2) is 5.84 Å². The van der Waals surface area contributed by atoms with Crippen molar-refractivity contribution in [2.45, 2.75) is 26.9 Å². The van der Waals surface area contributed by atoms with E-state index < -0.39 is 0 Å². The molecule has 1 aliphatic rings. The predicted molar refractivity (Wildman–Crippen MR) is 95.2 cm³/mol. The van der Waals surface area contributed by atoms with Crippen LogP contribution in [0.15, 0.2) is 47.7 Å². The minimum atomic E-state index is 0.573. The topological polar surface area (TPSA) is 68.0 Å². The fourth-order valence-corrected chi connectivity index (χ4v) is 2.94. The Morgan fingerprint density at radius 2 is 2.12 bits per heavy atom. The molecule has 0 unspecified atom stereocenters. The van der Waals surface area contributed by atoms with E-state index in [1.807, 2.05) is 24.6 Å². The fourth-order valence-electron chi connectivity index (χ4n) is 2.94. The molecule has 0 saturated heterocycles. The molecule has 0 amide bonds. The van der Waals surface area contributed by atoms with Gasteiger partial charge >= 0.3 is 0 Å². The number of benzene rings is 1. The summed E-state index contributed by atoms with van der Waals surface area (Å²) < 4.78 is 1.99. The van der Waals surface area contributed by atoms with Crippen LogP contribution in [0.3, 0.4) is 0 Å². The van der Waals surface area contributed by atoms with E-state index in [0.29, 0.717) is 6.54 Å². The van der Waals surface area contributed by atoms with E-state index in [4.69, 9.17) is 0 Å². The van der Waals surface area contributed by atoms with Crippen LogP contribution < -0.4 is 5.32 Å². The molecule has 0 bridgehead atoms. The van der Waals surface area contributed by atoms with Gasteiger partial charge in [-0.3, -0.25) is 14.7 Å². The molecule has 3 aromatic rings. The summed E-state index contributed by atoms with van der Waals surface area (Å²) in [6.07, 6.45) is 3.39. The van der Waals surface area contributed by atoms with Crippen LogP contribution >= 0.6 is 0 Å². The SMILES string of the molecule is C=C(C)Cn1nc(C)c2cc(NC3=NCc4nccnc43)ccc21. The zero-order chi connectivity index (χ0) is 16.7. The highest BCUT2D eigenvalue weighted by atomic mass is 15.3. The molecule has 0 aliphatic carbocycles. The predicted octanol–water partition coefficient (Wildman–Crippen LogP) is 3.08. The molecule has 0 spiro atoms. The Morgan fingerprint density at radius 1 is 1.29 bits per heavy atom. The van der Waals surface area contributed by atoms with E-state index in [0.717, 1.165) is 51.6 Å². The smallest absolute Gasteiger partial charge is 0.154 e. The third-order valence-corrected chi connectivity index (χ3v) is 4.00. The summed E-state index contributed by atoms with van der Waals surface area (Å²) in [7, 11) is 0. The average Bonchev–Trinajstić information content (AvgIpc) is 3.09. The van der Waals surface area contributed by atoms with E-state index >= 15 is 0 Å². The van der Waals surface area contributed by atoms with Crippen LogP contribution in [0.25, 0.3) is 10.9 Å². The molecule has 3 heterocycles. The summed E-state index contributed by atoms with van der Waals surface area (Å²) in [6, 6.07) is 6.21. The van der Waals surface area contributed by atoms with Gasteiger partial charge in [0.2, 0.25) is 0 Å². The van der Waals surface area contributed by atoms with Crippen molar-refractivity contribution in [3.63, 3.8) is 0 Å². The van der Waals surface area contributed by atoms with Crippen LogP contribution in [-0.2, 0) is 13.1 Å². The summed E-state index contributed by atoms with van der Waals surface area (Å²) in [6.45, 7) is 9.31. The molecule has 24 heavy (non-hydrogen) atoms. The second-order valence-corrected chi connectivity index (χ2v) is 6.07. The van der Waals surface area contributed by atoms with Crippen LogP contribution in [0, 0.1) is 6.92 Å². The Bertz CT molecular complexity index is 982. The minimum absolute atomic E-state index is 0.573.